The number of carbonyl (C=O) groups excluding carboxylic acids is 2. The average molecular weight is 449 g/mol. The van der Waals surface area contributed by atoms with Crippen LogP contribution in [0, 0.1) is 10.1 Å². The minimum atomic E-state index is -0.529. The highest BCUT2D eigenvalue weighted by molar-refractivity contribution is 9.10. The lowest BCUT2D eigenvalue weighted by atomic mass is 10.1. The van der Waals surface area contributed by atoms with Gasteiger partial charge in [0.2, 0.25) is 0 Å². The molecule has 0 atom stereocenters. The number of rotatable bonds is 5. The van der Waals surface area contributed by atoms with E-state index in [-0.39, 0.29) is 17.1 Å². The number of para-hydroxylation sites is 1. The zero-order valence-corrected chi connectivity index (χ0v) is 16.5. The molecule has 0 bridgehead atoms. The average Bonchev–Trinajstić information content (AvgIpc) is 2.89. The van der Waals surface area contributed by atoms with Crippen LogP contribution in [0.15, 0.2) is 51.8 Å². The maximum Gasteiger partial charge on any atom is 0.293 e. The topological polar surface area (TPSA) is 89.8 Å². The largest absolute Gasteiger partial charge is 0.496 e. The summed E-state index contributed by atoms with van der Waals surface area (Å²) in [6, 6.07) is 11.3. The molecule has 2 aromatic carbocycles. The van der Waals surface area contributed by atoms with Gasteiger partial charge in [0.05, 0.1) is 28.0 Å². The van der Waals surface area contributed by atoms with Gasteiger partial charge in [-0.2, -0.15) is 0 Å². The number of carbonyl (C=O) groups is 2. The van der Waals surface area contributed by atoms with Crippen LogP contribution in [0.4, 0.5) is 10.5 Å². The van der Waals surface area contributed by atoms with Crippen molar-refractivity contribution in [2.75, 3.05) is 7.11 Å². The number of nitro benzene ring substituents is 1. The lowest BCUT2D eigenvalue weighted by molar-refractivity contribution is -0.385. The van der Waals surface area contributed by atoms with Crippen LogP contribution < -0.4 is 4.74 Å². The number of hydrogen-bond donors (Lipinski definition) is 0. The van der Waals surface area contributed by atoms with E-state index in [4.69, 9.17) is 4.74 Å². The Morgan fingerprint density at radius 1 is 1.26 bits per heavy atom. The zero-order valence-electron chi connectivity index (χ0n) is 14.0. The van der Waals surface area contributed by atoms with Gasteiger partial charge in [-0.15, -0.1) is 0 Å². The smallest absolute Gasteiger partial charge is 0.293 e. The maximum atomic E-state index is 12.6. The van der Waals surface area contributed by atoms with Crippen molar-refractivity contribution in [2.24, 2.45) is 0 Å². The van der Waals surface area contributed by atoms with Crippen molar-refractivity contribution in [3.05, 3.63) is 73.1 Å². The normalized spacial score (nSPS) is 15.5. The Morgan fingerprint density at radius 2 is 2.00 bits per heavy atom. The molecule has 2 amide bonds. The van der Waals surface area contributed by atoms with Crippen molar-refractivity contribution in [1.29, 1.82) is 0 Å². The van der Waals surface area contributed by atoms with Gasteiger partial charge in [0.15, 0.2) is 0 Å². The quantitative estimate of drug-likeness (QED) is 0.377. The van der Waals surface area contributed by atoms with E-state index >= 15 is 0 Å². The van der Waals surface area contributed by atoms with Gasteiger partial charge in [-0.05, 0) is 51.5 Å². The summed E-state index contributed by atoms with van der Waals surface area (Å²) >= 11 is 4.18. The first-order valence-electron chi connectivity index (χ1n) is 7.72. The molecule has 138 valence electrons. The van der Waals surface area contributed by atoms with Gasteiger partial charge in [0.1, 0.15) is 5.75 Å². The SMILES string of the molecule is COc1ccc(/C=C2\SC(=O)N(Cc3ccccc3[N+](=O)[O-])C2=O)cc1Br. The van der Waals surface area contributed by atoms with Gasteiger partial charge in [0.25, 0.3) is 16.8 Å². The fourth-order valence-electron chi connectivity index (χ4n) is 2.55. The fraction of sp³-hybridized carbons (Fsp3) is 0.111. The molecule has 7 nitrogen and oxygen atoms in total. The van der Waals surface area contributed by atoms with Crippen molar-refractivity contribution in [3.8, 4) is 5.75 Å². The van der Waals surface area contributed by atoms with Crippen LogP contribution in [0.2, 0.25) is 0 Å². The van der Waals surface area contributed by atoms with Crippen molar-refractivity contribution in [2.45, 2.75) is 6.54 Å². The number of benzene rings is 2. The van der Waals surface area contributed by atoms with Gasteiger partial charge < -0.3 is 4.74 Å². The zero-order chi connectivity index (χ0) is 19.6. The van der Waals surface area contributed by atoms with Crippen LogP contribution in [0.5, 0.6) is 5.75 Å². The van der Waals surface area contributed by atoms with Gasteiger partial charge in [-0.1, -0.05) is 24.3 Å². The lowest BCUT2D eigenvalue weighted by Crippen LogP contribution is -2.27. The standard InChI is InChI=1S/C18H13BrN2O5S/c1-26-15-7-6-11(8-13(15)19)9-16-17(22)20(18(23)27-16)10-12-4-2-3-5-14(12)21(24)25/h2-9H,10H2,1H3/b16-9-. The van der Waals surface area contributed by atoms with E-state index < -0.39 is 16.1 Å². The van der Waals surface area contributed by atoms with E-state index in [0.717, 1.165) is 26.7 Å². The summed E-state index contributed by atoms with van der Waals surface area (Å²) in [6.07, 6.45) is 1.61. The van der Waals surface area contributed by atoms with E-state index in [1.54, 1.807) is 37.5 Å². The van der Waals surface area contributed by atoms with Crippen LogP contribution in [-0.4, -0.2) is 28.1 Å². The molecule has 0 N–H and O–H groups in total. The number of hydrogen-bond acceptors (Lipinski definition) is 6. The second-order valence-corrected chi connectivity index (χ2v) is 7.40. The predicted molar refractivity (Wildman–Crippen MR) is 105 cm³/mol. The first-order chi connectivity index (χ1) is 12.9. The van der Waals surface area contributed by atoms with E-state index in [1.807, 2.05) is 0 Å². The number of methoxy groups -OCH3 is 1. The molecule has 1 aliphatic heterocycles. The number of imide groups is 1. The molecule has 1 saturated heterocycles. The molecule has 1 aliphatic rings. The van der Waals surface area contributed by atoms with Crippen molar-refractivity contribution < 1.29 is 19.2 Å². The van der Waals surface area contributed by atoms with Gasteiger partial charge in [-0.25, -0.2) is 0 Å². The highest BCUT2D eigenvalue weighted by Crippen LogP contribution is 2.35. The summed E-state index contributed by atoms with van der Waals surface area (Å²) in [7, 11) is 1.55. The summed E-state index contributed by atoms with van der Waals surface area (Å²) < 4.78 is 5.89. The van der Waals surface area contributed by atoms with Crippen LogP contribution in [-0.2, 0) is 11.3 Å². The monoisotopic (exact) mass is 448 g/mol. The third-order valence-corrected chi connectivity index (χ3v) is 5.39. The molecule has 1 fully saturated rings. The van der Waals surface area contributed by atoms with Gasteiger partial charge in [-0.3, -0.25) is 24.6 Å². The lowest BCUT2D eigenvalue weighted by Gasteiger charge is -2.12. The molecule has 2 aromatic rings. The number of nitrogens with zero attached hydrogens (tertiary/aromatic N) is 2. The van der Waals surface area contributed by atoms with Crippen LogP contribution in [0.1, 0.15) is 11.1 Å². The summed E-state index contributed by atoms with van der Waals surface area (Å²) in [5, 5.41) is 10.7. The Hall–Kier alpha value is -2.65. The molecule has 27 heavy (non-hydrogen) atoms. The van der Waals surface area contributed by atoms with Gasteiger partial charge >= 0.3 is 0 Å². The molecule has 0 spiro atoms. The minimum absolute atomic E-state index is 0.125. The molecule has 0 unspecified atom stereocenters. The van der Waals surface area contributed by atoms with Crippen molar-refractivity contribution in [3.63, 3.8) is 0 Å². The molecule has 0 radical (unpaired) electrons. The van der Waals surface area contributed by atoms with E-state index in [2.05, 4.69) is 15.9 Å². The molecule has 3 rings (SSSR count). The number of amides is 2. The molecule has 0 saturated carbocycles. The highest BCUT2D eigenvalue weighted by Gasteiger charge is 2.36. The summed E-state index contributed by atoms with van der Waals surface area (Å²) in [4.78, 5) is 36.8. The Kier molecular flexibility index (Phi) is 5.62. The second kappa shape index (κ2) is 7.93. The van der Waals surface area contributed by atoms with Crippen LogP contribution in [0.3, 0.4) is 0 Å². The highest BCUT2D eigenvalue weighted by atomic mass is 79.9. The summed E-state index contributed by atoms with van der Waals surface area (Å²) in [5.74, 6) is 0.173. The number of thioether (sulfide) groups is 1. The Morgan fingerprint density at radius 3 is 2.67 bits per heavy atom. The fourth-order valence-corrected chi connectivity index (χ4v) is 3.95. The second-order valence-electron chi connectivity index (χ2n) is 5.55. The molecule has 9 heteroatoms. The Balaban J connectivity index is 1.85. The summed E-state index contributed by atoms with van der Waals surface area (Å²) in [5.41, 5.74) is 0.900. The molecule has 1 heterocycles. The number of ether oxygens (including phenoxy) is 1. The Bertz CT molecular complexity index is 976. The Labute approximate surface area is 167 Å². The predicted octanol–water partition coefficient (Wildman–Crippen LogP) is 4.60. The van der Waals surface area contributed by atoms with E-state index in [1.165, 1.54) is 18.2 Å². The minimum Gasteiger partial charge on any atom is -0.496 e. The van der Waals surface area contributed by atoms with E-state index in [0.29, 0.717) is 11.3 Å². The van der Waals surface area contributed by atoms with Crippen LogP contribution in [0.25, 0.3) is 6.08 Å². The molecular formula is C18H13BrN2O5S. The first-order valence-corrected chi connectivity index (χ1v) is 9.33. The van der Waals surface area contributed by atoms with Crippen molar-refractivity contribution >= 4 is 50.6 Å². The van der Waals surface area contributed by atoms with Crippen LogP contribution >= 0.6 is 27.7 Å². The van der Waals surface area contributed by atoms with Gasteiger partial charge in [0, 0.05) is 11.6 Å². The number of nitro groups is 1. The third-order valence-electron chi connectivity index (χ3n) is 3.86. The summed E-state index contributed by atoms with van der Waals surface area (Å²) in [6.45, 7) is -0.147. The maximum absolute atomic E-state index is 12.6. The number of halogens is 1. The third kappa shape index (κ3) is 4.04. The van der Waals surface area contributed by atoms with Crippen molar-refractivity contribution in [1.82, 2.24) is 4.90 Å². The molecular weight excluding hydrogens is 436 g/mol. The molecule has 0 aromatic heterocycles. The van der Waals surface area contributed by atoms with E-state index in [9.17, 15) is 19.7 Å². The molecule has 0 aliphatic carbocycles. The first kappa shape index (κ1) is 19.1.